The van der Waals surface area contributed by atoms with E-state index < -0.39 is 0 Å². The van der Waals surface area contributed by atoms with Crippen molar-refractivity contribution in [2.45, 2.75) is 39.7 Å². The van der Waals surface area contributed by atoms with E-state index in [2.05, 4.69) is 10.5 Å². The van der Waals surface area contributed by atoms with Gasteiger partial charge in [0.2, 0.25) is 0 Å². The number of carbonyl (C=O) groups is 1. The molecule has 2 amide bonds. The van der Waals surface area contributed by atoms with Gasteiger partial charge in [0.1, 0.15) is 5.76 Å². The van der Waals surface area contributed by atoms with Crippen LogP contribution in [-0.4, -0.2) is 22.6 Å². The van der Waals surface area contributed by atoms with Gasteiger partial charge < -0.3 is 14.7 Å². The third kappa shape index (κ3) is 2.71. The van der Waals surface area contributed by atoms with Crippen molar-refractivity contribution < 1.29 is 9.32 Å². The zero-order chi connectivity index (χ0) is 15.7. The molecule has 116 valence electrons. The van der Waals surface area contributed by atoms with Gasteiger partial charge in [-0.25, -0.2) is 4.79 Å². The van der Waals surface area contributed by atoms with Crippen molar-refractivity contribution in [3.05, 3.63) is 46.8 Å². The lowest BCUT2D eigenvalue weighted by Crippen LogP contribution is -2.34. The number of benzene rings is 1. The Balaban J connectivity index is 1.80. The van der Waals surface area contributed by atoms with Crippen LogP contribution in [0.25, 0.3) is 0 Å². The number of aryl methyl sites for hydroxylation is 3. The molecule has 1 aliphatic heterocycles. The minimum absolute atomic E-state index is 0.0519. The molecule has 1 aromatic heterocycles. The van der Waals surface area contributed by atoms with E-state index in [9.17, 15) is 4.79 Å². The molecule has 1 atom stereocenters. The van der Waals surface area contributed by atoms with Crippen LogP contribution in [0.3, 0.4) is 0 Å². The number of likely N-dealkylation sites (tertiary alicyclic amines) is 1. The Morgan fingerprint density at radius 2 is 2.18 bits per heavy atom. The van der Waals surface area contributed by atoms with Crippen molar-refractivity contribution in [2.75, 3.05) is 11.9 Å². The molecule has 2 aromatic rings. The maximum atomic E-state index is 12.6. The minimum atomic E-state index is -0.0619. The van der Waals surface area contributed by atoms with Gasteiger partial charge in [-0.2, -0.15) is 0 Å². The van der Waals surface area contributed by atoms with E-state index in [4.69, 9.17) is 4.52 Å². The third-order valence-electron chi connectivity index (χ3n) is 4.20. The number of urea groups is 1. The van der Waals surface area contributed by atoms with Crippen molar-refractivity contribution >= 4 is 11.7 Å². The fourth-order valence-electron chi connectivity index (χ4n) is 3.19. The lowest BCUT2D eigenvalue weighted by Gasteiger charge is -2.25. The summed E-state index contributed by atoms with van der Waals surface area (Å²) in [6.45, 7) is 6.61. The second-order valence-corrected chi connectivity index (χ2v) is 5.89. The number of aromatic nitrogens is 1. The van der Waals surface area contributed by atoms with E-state index in [0.717, 1.165) is 47.7 Å². The van der Waals surface area contributed by atoms with Gasteiger partial charge >= 0.3 is 6.03 Å². The Labute approximate surface area is 130 Å². The monoisotopic (exact) mass is 299 g/mol. The number of hydrogen-bond donors (Lipinski definition) is 1. The number of amides is 2. The zero-order valence-electron chi connectivity index (χ0n) is 13.2. The molecule has 0 spiro atoms. The molecule has 0 aliphatic carbocycles. The van der Waals surface area contributed by atoms with Crippen LogP contribution in [0.2, 0.25) is 0 Å². The molecule has 0 unspecified atom stereocenters. The van der Waals surface area contributed by atoms with Crippen molar-refractivity contribution in [2.24, 2.45) is 0 Å². The van der Waals surface area contributed by atoms with Gasteiger partial charge in [0.15, 0.2) is 0 Å². The highest BCUT2D eigenvalue weighted by Gasteiger charge is 2.33. The summed E-state index contributed by atoms with van der Waals surface area (Å²) in [4.78, 5) is 14.5. The molecule has 2 heterocycles. The number of nitrogens with zero attached hydrogens (tertiary/aromatic N) is 2. The van der Waals surface area contributed by atoms with E-state index in [1.54, 1.807) is 0 Å². The van der Waals surface area contributed by atoms with Gasteiger partial charge in [-0.1, -0.05) is 17.3 Å². The van der Waals surface area contributed by atoms with Gasteiger partial charge in [0.05, 0.1) is 11.7 Å². The first-order valence-corrected chi connectivity index (χ1v) is 7.63. The van der Waals surface area contributed by atoms with Crippen LogP contribution >= 0.6 is 0 Å². The van der Waals surface area contributed by atoms with Crippen molar-refractivity contribution in [1.82, 2.24) is 10.1 Å². The fourth-order valence-corrected chi connectivity index (χ4v) is 3.19. The van der Waals surface area contributed by atoms with Gasteiger partial charge in [0, 0.05) is 17.8 Å². The summed E-state index contributed by atoms with van der Waals surface area (Å²) < 4.78 is 5.26. The Kier molecular flexibility index (Phi) is 3.88. The molecular weight excluding hydrogens is 278 g/mol. The molecule has 1 fully saturated rings. The van der Waals surface area contributed by atoms with Crippen LogP contribution in [-0.2, 0) is 0 Å². The fraction of sp³-hybridized carbons (Fsp3) is 0.412. The molecule has 5 nitrogen and oxygen atoms in total. The normalized spacial score (nSPS) is 17.8. The van der Waals surface area contributed by atoms with Crippen LogP contribution in [0.1, 0.15) is 41.5 Å². The molecule has 0 radical (unpaired) electrons. The highest BCUT2D eigenvalue weighted by Crippen LogP contribution is 2.35. The lowest BCUT2D eigenvalue weighted by atomic mass is 10.0. The SMILES string of the molecule is Cc1cccc(NC(=O)N2CCC[C@H]2c2c(C)noc2C)c1. The third-order valence-corrected chi connectivity index (χ3v) is 4.20. The van der Waals surface area contributed by atoms with Crippen LogP contribution in [0.4, 0.5) is 10.5 Å². The summed E-state index contributed by atoms with van der Waals surface area (Å²) in [7, 11) is 0. The molecule has 5 heteroatoms. The minimum Gasteiger partial charge on any atom is -0.361 e. The van der Waals surface area contributed by atoms with Crippen LogP contribution in [0.15, 0.2) is 28.8 Å². The summed E-state index contributed by atoms with van der Waals surface area (Å²) in [6, 6.07) is 7.83. The molecule has 0 bridgehead atoms. The summed E-state index contributed by atoms with van der Waals surface area (Å²) in [5.41, 5.74) is 3.88. The number of nitrogens with one attached hydrogen (secondary N) is 1. The molecule has 1 aliphatic rings. The number of rotatable bonds is 2. The number of anilines is 1. The van der Waals surface area contributed by atoms with E-state index in [1.807, 2.05) is 49.9 Å². The summed E-state index contributed by atoms with van der Waals surface area (Å²) in [5, 5.41) is 7.01. The molecule has 3 rings (SSSR count). The summed E-state index contributed by atoms with van der Waals surface area (Å²) >= 11 is 0. The number of hydrogen-bond acceptors (Lipinski definition) is 3. The highest BCUT2D eigenvalue weighted by molar-refractivity contribution is 5.90. The second kappa shape index (κ2) is 5.83. The second-order valence-electron chi connectivity index (χ2n) is 5.89. The van der Waals surface area contributed by atoms with Crippen molar-refractivity contribution in [3.63, 3.8) is 0 Å². The molecule has 1 N–H and O–H groups in total. The molecular formula is C17H21N3O2. The van der Waals surface area contributed by atoms with E-state index >= 15 is 0 Å². The summed E-state index contributed by atoms with van der Waals surface area (Å²) in [6.07, 6.45) is 1.94. The lowest BCUT2D eigenvalue weighted by molar-refractivity contribution is 0.206. The molecule has 1 aromatic carbocycles. The van der Waals surface area contributed by atoms with Gasteiger partial charge in [-0.3, -0.25) is 0 Å². The molecule has 1 saturated heterocycles. The van der Waals surface area contributed by atoms with E-state index in [0.29, 0.717) is 0 Å². The zero-order valence-corrected chi connectivity index (χ0v) is 13.2. The van der Waals surface area contributed by atoms with E-state index in [-0.39, 0.29) is 12.1 Å². The van der Waals surface area contributed by atoms with Crippen LogP contribution < -0.4 is 5.32 Å². The first kappa shape index (κ1) is 14.6. The largest absolute Gasteiger partial charge is 0.361 e. The van der Waals surface area contributed by atoms with Gasteiger partial charge in [-0.15, -0.1) is 0 Å². The first-order valence-electron chi connectivity index (χ1n) is 7.63. The quantitative estimate of drug-likeness (QED) is 0.912. The molecule has 0 saturated carbocycles. The maximum absolute atomic E-state index is 12.6. The summed E-state index contributed by atoms with van der Waals surface area (Å²) in [5.74, 6) is 0.803. The maximum Gasteiger partial charge on any atom is 0.322 e. The van der Waals surface area contributed by atoms with Crippen molar-refractivity contribution in [1.29, 1.82) is 0 Å². The predicted molar refractivity (Wildman–Crippen MR) is 84.9 cm³/mol. The van der Waals surface area contributed by atoms with Crippen molar-refractivity contribution in [3.8, 4) is 0 Å². The first-order chi connectivity index (χ1) is 10.6. The Morgan fingerprint density at radius 1 is 1.36 bits per heavy atom. The Hall–Kier alpha value is -2.30. The topological polar surface area (TPSA) is 58.4 Å². The average Bonchev–Trinajstić information content (AvgIpc) is 3.05. The smallest absolute Gasteiger partial charge is 0.322 e. The molecule has 22 heavy (non-hydrogen) atoms. The van der Waals surface area contributed by atoms with Crippen LogP contribution in [0, 0.1) is 20.8 Å². The van der Waals surface area contributed by atoms with Crippen LogP contribution in [0.5, 0.6) is 0 Å². The van der Waals surface area contributed by atoms with E-state index in [1.165, 1.54) is 0 Å². The number of carbonyl (C=O) groups excluding carboxylic acids is 1. The van der Waals surface area contributed by atoms with Gasteiger partial charge in [0.25, 0.3) is 0 Å². The Morgan fingerprint density at radius 3 is 2.86 bits per heavy atom. The Bertz CT molecular complexity index is 673. The predicted octanol–water partition coefficient (Wildman–Crippen LogP) is 3.97. The average molecular weight is 299 g/mol. The van der Waals surface area contributed by atoms with Gasteiger partial charge in [-0.05, 0) is 51.3 Å². The highest BCUT2D eigenvalue weighted by atomic mass is 16.5. The standard InChI is InChI=1S/C17H21N3O2/c1-11-6-4-7-14(10-11)18-17(21)20-9-5-8-15(20)16-12(2)19-22-13(16)3/h4,6-7,10,15H,5,8-9H2,1-3H3,(H,18,21)/t15-/m0/s1.